The molecule has 0 fully saturated rings. The highest BCUT2D eigenvalue weighted by molar-refractivity contribution is 6.31. The van der Waals surface area contributed by atoms with Gasteiger partial charge in [-0.3, -0.25) is 14.4 Å². The number of esters is 2. The van der Waals surface area contributed by atoms with Crippen LogP contribution in [0.15, 0.2) is 48.5 Å². The minimum Gasteiger partial charge on any atom is -0.468 e. The summed E-state index contributed by atoms with van der Waals surface area (Å²) in [6, 6.07) is 13.2. The van der Waals surface area contributed by atoms with E-state index in [1.54, 1.807) is 48.5 Å². The monoisotopic (exact) mass is 436 g/mol. The second kappa shape index (κ2) is 10.4. The summed E-state index contributed by atoms with van der Waals surface area (Å²) < 4.78 is 9.73. The van der Waals surface area contributed by atoms with E-state index < -0.39 is 29.7 Å². The largest absolute Gasteiger partial charge is 0.468 e. The molecule has 2 aromatic rings. The summed E-state index contributed by atoms with van der Waals surface area (Å²) >= 11 is 11.9. The number of carbonyl (C=O) groups excluding carboxylic acids is 3. The van der Waals surface area contributed by atoms with Crippen LogP contribution in [0.25, 0.3) is 0 Å². The third kappa shape index (κ3) is 5.37. The number of hydrogen-bond acceptors (Lipinski definition) is 5. The van der Waals surface area contributed by atoms with E-state index in [9.17, 15) is 14.4 Å². The zero-order valence-electron chi connectivity index (χ0n) is 16.4. The zero-order valence-corrected chi connectivity index (χ0v) is 17.9. The summed E-state index contributed by atoms with van der Waals surface area (Å²) in [5, 5.41) is 1.00. The van der Waals surface area contributed by atoms with Crippen molar-refractivity contribution in [3.05, 3.63) is 69.7 Å². The smallest absolute Gasteiger partial charge is 0.320 e. The van der Waals surface area contributed by atoms with Crippen LogP contribution in [0.1, 0.15) is 35.2 Å². The molecule has 2 rings (SSSR count). The van der Waals surface area contributed by atoms with Gasteiger partial charge in [0.15, 0.2) is 11.7 Å². The van der Waals surface area contributed by atoms with Crippen molar-refractivity contribution >= 4 is 40.9 Å². The van der Waals surface area contributed by atoms with Crippen molar-refractivity contribution in [2.75, 3.05) is 14.2 Å². The molecule has 5 nitrogen and oxygen atoms in total. The minimum atomic E-state index is -1.30. The van der Waals surface area contributed by atoms with Gasteiger partial charge in [-0.2, -0.15) is 0 Å². The average Bonchev–Trinajstić information content (AvgIpc) is 2.73. The van der Waals surface area contributed by atoms with E-state index in [4.69, 9.17) is 32.7 Å². The Morgan fingerprint density at radius 2 is 1.28 bits per heavy atom. The molecule has 0 aliphatic rings. The maximum Gasteiger partial charge on any atom is 0.320 e. The number of halogens is 2. The van der Waals surface area contributed by atoms with Crippen molar-refractivity contribution in [2.24, 2.45) is 11.8 Å². The number of benzene rings is 2. The van der Waals surface area contributed by atoms with Crippen molar-refractivity contribution in [1.29, 1.82) is 0 Å². The van der Waals surface area contributed by atoms with E-state index in [2.05, 4.69) is 0 Å². The van der Waals surface area contributed by atoms with Gasteiger partial charge in [-0.05, 0) is 48.4 Å². The van der Waals surface area contributed by atoms with Crippen LogP contribution in [-0.4, -0.2) is 31.9 Å². The van der Waals surface area contributed by atoms with Crippen LogP contribution >= 0.6 is 23.2 Å². The number of rotatable bonds is 8. The van der Waals surface area contributed by atoms with Crippen molar-refractivity contribution < 1.29 is 23.9 Å². The van der Waals surface area contributed by atoms with Crippen LogP contribution in [0.3, 0.4) is 0 Å². The molecule has 2 aromatic carbocycles. The summed E-state index contributed by atoms with van der Waals surface area (Å²) in [6.45, 7) is 1.83. The lowest BCUT2D eigenvalue weighted by molar-refractivity contribution is -0.160. The normalized spacial score (nSPS) is 12.9. The molecule has 2 unspecified atom stereocenters. The van der Waals surface area contributed by atoms with Crippen LogP contribution in [0.4, 0.5) is 0 Å². The van der Waals surface area contributed by atoms with Crippen LogP contribution in [0, 0.1) is 11.8 Å². The number of hydrogen-bond donors (Lipinski definition) is 0. The molecule has 0 saturated carbocycles. The van der Waals surface area contributed by atoms with Crippen molar-refractivity contribution in [1.82, 2.24) is 0 Å². The number of methoxy groups -OCH3 is 2. The van der Waals surface area contributed by atoms with Gasteiger partial charge in [0.05, 0.1) is 14.2 Å². The molecule has 29 heavy (non-hydrogen) atoms. The minimum absolute atomic E-state index is 0.207. The van der Waals surface area contributed by atoms with Gasteiger partial charge >= 0.3 is 11.9 Å². The fourth-order valence-electron chi connectivity index (χ4n) is 3.42. The van der Waals surface area contributed by atoms with Gasteiger partial charge in [0.25, 0.3) is 0 Å². The summed E-state index contributed by atoms with van der Waals surface area (Å²) in [5.41, 5.74) is 1.05. The predicted molar refractivity (Wildman–Crippen MR) is 111 cm³/mol. The second-order valence-corrected chi connectivity index (χ2v) is 7.36. The first-order chi connectivity index (χ1) is 13.8. The molecule has 0 aliphatic heterocycles. The van der Waals surface area contributed by atoms with Gasteiger partial charge < -0.3 is 9.47 Å². The second-order valence-electron chi connectivity index (χ2n) is 6.49. The topological polar surface area (TPSA) is 69.7 Å². The molecule has 0 aliphatic carbocycles. The van der Waals surface area contributed by atoms with E-state index in [1.807, 2.05) is 6.92 Å². The van der Waals surface area contributed by atoms with Crippen LogP contribution in [-0.2, 0) is 19.1 Å². The zero-order chi connectivity index (χ0) is 21.6. The Hall–Kier alpha value is -2.37. The molecule has 154 valence electrons. The Morgan fingerprint density at radius 3 is 1.69 bits per heavy atom. The highest BCUT2D eigenvalue weighted by Gasteiger charge is 2.44. The van der Waals surface area contributed by atoms with E-state index in [0.29, 0.717) is 27.6 Å². The summed E-state index contributed by atoms with van der Waals surface area (Å²) in [5.74, 6) is -4.51. The van der Waals surface area contributed by atoms with E-state index >= 15 is 0 Å². The van der Waals surface area contributed by atoms with E-state index in [0.717, 1.165) is 0 Å². The molecule has 0 aromatic heterocycles. The Morgan fingerprint density at radius 1 is 0.828 bits per heavy atom. The highest BCUT2D eigenvalue weighted by Crippen LogP contribution is 2.38. The fraction of sp³-hybridized carbons (Fsp3) is 0.318. The Kier molecular flexibility index (Phi) is 8.23. The lowest BCUT2D eigenvalue weighted by Crippen LogP contribution is -2.38. The SMILES string of the molecule is CCC(C(=O)c1ccc(Cl)cc1)C(c1ccc(Cl)cc1)C(C(=O)OC)C(=O)OC. The lowest BCUT2D eigenvalue weighted by Gasteiger charge is -2.30. The molecule has 0 heterocycles. The van der Waals surface area contributed by atoms with Crippen molar-refractivity contribution in [2.45, 2.75) is 19.3 Å². The maximum absolute atomic E-state index is 13.3. The first kappa shape index (κ1) is 22.9. The third-order valence-corrected chi connectivity index (χ3v) is 5.37. The van der Waals surface area contributed by atoms with Crippen LogP contribution < -0.4 is 0 Å². The van der Waals surface area contributed by atoms with Crippen LogP contribution in [0.5, 0.6) is 0 Å². The molecule has 0 N–H and O–H groups in total. The number of ketones is 1. The van der Waals surface area contributed by atoms with Gasteiger partial charge in [0.1, 0.15) is 0 Å². The Balaban J connectivity index is 2.60. The average molecular weight is 437 g/mol. The molecule has 0 spiro atoms. The van der Waals surface area contributed by atoms with Crippen molar-refractivity contribution in [3.8, 4) is 0 Å². The first-order valence-corrected chi connectivity index (χ1v) is 9.80. The van der Waals surface area contributed by atoms with Gasteiger partial charge in [-0.1, -0.05) is 42.3 Å². The van der Waals surface area contributed by atoms with Gasteiger partial charge in [0, 0.05) is 27.4 Å². The van der Waals surface area contributed by atoms with Crippen molar-refractivity contribution in [3.63, 3.8) is 0 Å². The molecular weight excluding hydrogens is 415 g/mol. The molecule has 0 saturated heterocycles. The third-order valence-electron chi connectivity index (χ3n) is 4.86. The molecule has 7 heteroatoms. The fourth-order valence-corrected chi connectivity index (χ4v) is 3.67. The van der Waals surface area contributed by atoms with Crippen LogP contribution in [0.2, 0.25) is 10.0 Å². The number of ether oxygens (including phenoxy) is 2. The maximum atomic E-state index is 13.3. The number of Topliss-reactive ketones (excluding diaryl/α,β-unsaturated/α-hetero) is 1. The molecular formula is C22H22Cl2O5. The quantitative estimate of drug-likeness (QED) is 0.332. The number of carbonyl (C=O) groups is 3. The van der Waals surface area contributed by atoms with Gasteiger partial charge in [-0.25, -0.2) is 0 Å². The summed E-state index contributed by atoms with van der Waals surface area (Å²) in [6.07, 6.45) is 0.388. The standard InChI is InChI=1S/C22H22Cl2O5/c1-4-17(20(25)14-7-11-16(24)12-8-14)18(13-5-9-15(23)10-6-13)19(21(26)28-2)22(27)29-3/h5-12,17-19H,4H2,1-3H3. The van der Waals surface area contributed by atoms with E-state index in [1.165, 1.54) is 14.2 Å². The molecule has 0 radical (unpaired) electrons. The van der Waals surface area contributed by atoms with E-state index in [-0.39, 0.29) is 5.78 Å². The first-order valence-electron chi connectivity index (χ1n) is 9.04. The Labute approximate surface area is 179 Å². The Bertz CT molecular complexity index is 846. The van der Waals surface area contributed by atoms with Gasteiger partial charge in [0.2, 0.25) is 0 Å². The molecule has 2 atom stereocenters. The molecule has 0 bridgehead atoms. The predicted octanol–water partition coefficient (Wildman–Crippen LogP) is 4.95. The van der Waals surface area contributed by atoms with Gasteiger partial charge in [-0.15, -0.1) is 0 Å². The molecule has 0 amide bonds. The summed E-state index contributed by atoms with van der Waals surface area (Å²) in [7, 11) is 2.39. The summed E-state index contributed by atoms with van der Waals surface area (Å²) in [4.78, 5) is 38.4. The lowest BCUT2D eigenvalue weighted by atomic mass is 9.72. The highest BCUT2D eigenvalue weighted by atomic mass is 35.5.